The van der Waals surface area contributed by atoms with Gasteiger partial charge >= 0.3 is 0 Å². The molecule has 2 aromatic carbocycles. The predicted octanol–water partition coefficient (Wildman–Crippen LogP) is 5.23. The molecule has 5 rings (SSSR count). The summed E-state index contributed by atoms with van der Waals surface area (Å²) in [7, 11) is 5.48. The minimum Gasteiger partial charge on any atom is -0.494 e. The number of halogens is 2. The number of piperazine rings is 1. The molecule has 0 radical (unpaired) electrons. The van der Waals surface area contributed by atoms with Crippen LogP contribution in [0.5, 0.6) is 17.4 Å². The quantitative estimate of drug-likeness (QED) is 0.453. The summed E-state index contributed by atoms with van der Waals surface area (Å²) in [4.78, 5) is 27.8. The van der Waals surface area contributed by atoms with Crippen molar-refractivity contribution in [1.82, 2.24) is 19.8 Å². The van der Waals surface area contributed by atoms with E-state index < -0.39 is 0 Å². The van der Waals surface area contributed by atoms with Gasteiger partial charge in [-0.3, -0.25) is 4.79 Å². The molecule has 2 aliphatic heterocycles. The molecule has 1 amide bonds. The molecule has 11 heteroatoms. The molecule has 3 heterocycles. The van der Waals surface area contributed by atoms with E-state index in [1.165, 1.54) is 6.20 Å². The van der Waals surface area contributed by atoms with Gasteiger partial charge in [-0.15, -0.1) is 0 Å². The zero-order valence-electron chi connectivity index (χ0n) is 21.1. The fraction of sp³-hybridized carbons (Fsp3) is 0.346. The third-order valence-electron chi connectivity index (χ3n) is 6.90. The lowest BCUT2D eigenvalue weighted by molar-refractivity contribution is 0.0782. The molecule has 2 aliphatic rings. The van der Waals surface area contributed by atoms with Crippen LogP contribution in [0, 0.1) is 0 Å². The number of carbonyl (C=O) groups is 1. The number of amides is 1. The zero-order chi connectivity index (χ0) is 26.3. The summed E-state index contributed by atoms with van der Waals surface area (Å²) in [6, 6.07) is 9.17. The lowest BCUT2D eigenvalue weighted by Crippen LogP contribution is -2.44. The molecule has 0 bridgehead atoms. The summed E-state index contributed by atoms with van der Waals surface area (Å²) in [5, 5.41) is 3.96. The van der Waals surface area contributed by atoms with Crippen LogP contribution in [0.4, 0.5) is 17.3 Å². The molecule has 1 saturated heterocycles. The van der Waals surface area contributed by atoms with Crippen molar-refractivity contribution in [2.45, 2.75) is 13.0 Å². The number of anilines is 3. The van der Waals surface area contributed by atoms with Crippen LogP contribution < -0.4 is 19.7 Å². The third-order valence-corrected chi connectivity index (χ3v) is 7.46. The SMILES string of the molecule is COc1cc(N2CCN(C)CC2)c(Cl)cc1Nc1ncc(Cl)c(Oc2cccc3c2C(=O)N(C)C3C)n1. The maximum atomic E-state index is 12.8. The van der Waals surface area contributed by atoms with Crippen molar-refractivity contribution >= 4 is 46.4 Å². The van der Waals surface area contributed by atoms with Crippen molar-refractivity contribution < 1.29 is 14.3 Å². The molecular weight excluding hydrogens is 515 g/mol. The second kappa shape index (κ2) is 10.2. The first kappa shape index (κ1) is 25.4. The molecule has 1 fully saturated rings. The highest BCUT2D eigenvalue weighted by molar-refractivity contribution is 6.33. The van der Waals surface area contributed by atoms with E-state index in [1.54, 1.807) is 31.2 Å². The number of nitrogens with one attached hydrogen (secondary N) is 1. The van der Waals surface area contributed by atoms with E-state index >= 15 is 0 Å². The van der Waals surface area contributed by atoms with Crippen LogP contribution in [-0.4, -0.2) is 73.1 Å². The second-order valence-corrected chi connectivity index (χ2v) is 9.99. The summed E-state index contributed by atoms with van der Waals surface area (Å²) in [6.45, 7) is 5.67. The Bertz CT molecular complexity index is 1350. The van der Waals surface area contributed by atoms with Crippen molar-refractivity contribution in [2.75, 3.05) is 57.6 Å². The fourth-order valence-electron chi connectivity index (χ4n) is 4.58. The van der Waals surface area contributed by atoms with Gasteiger partial charge in [0.05, 0.1) is 41.3 Å². The smallest absolute Gasteiger partial charge is 0.258 e. The van der Waals surface area contributed by atoms with E-state index in [1.807, 2.05) is 25.1 Å². The Hall–Kier alpha value is -3.27. The summed E-state index contributed by atoms with van der Waals surface area (Å²) < 4.78 is 11.7. The zero-order valence-corrected chi connectivity index (χ0v) is 22.6. The largest absolute Gasteiger partial charge is 0.494 e. The second-order valence-electron chi connectivity index (χ2n) is 9.18. The molecule has 0 aliphatic carbocycles. The Kier molecular flexibility index (Phi) is 7.02. The Labute approximate surface area is 225 Å². The molecule has 9 nitrogen and oxygen atoms in total. The lowest BCUT2D eigenvalue weighted by atomic mass is 10.1. The number of fused-ring (bicyclic) bond motifs is 1. The van der Waals surface area contributed by atoms with Gasteiger partial charge in [-0.1, -0.05) is 35.3 Å². The van der Waals surface area contributed by atoms with Crippen molar-refractivity contribution in [2.24, 2.45) is 0 Å². The maximum Gasteiger partial charge on any atom is 0.258 e. The number of nitrogens with zero attached hydrogens (tertiary/aromatic N) is 5. The van der Waals surface area contributed by atoms with Crippen molar-refractivity contribution in [3.05, 3.63) is 57.7 Å². The monoisotopic (exact) mass is 542 g/mol. The lowest BCUT2D eigenvalue weighted by Gasteiger charge is -2.34. The van der Waals surface area contributed by atoms with Crippen LogP contribution in [0.15, 0.2) is 36.5 Å². The Morgan fingerprint density at radius 3 is 2.54 bits per heavy atom. The molecule has 1 atom stereocenters. The van der Waals surface area contributed by atoms with Gasteiger partial charge in [0.1, 0.15) is 16.5 Å². The van der Waals surface area contributed by atoms with E-state index in [0.29, 0.717) is 27.8 Å². The van der Waals surface area contributed by atoms with Crippen LogP contribution in [0.1, 0.15) is 28.9 Å². The van der Waals surface area contributed by atoms with Gasteiger partial charge in [-0.25, -0.2) is 4.98 Å². The minimum atomic E-state index is -0.110. The van der Waals surface area contributed by atoms with Crippen LogP contribution in [0.2, 0.25) is 10.0 Å². The first-order valence-corrected chi connectivity index (χ1v) is 12.7. The van der Waals surface area contributed by atoms with Gasteiger partial charge in [0.2, 0.25) is 11.8 Å². The van der Waals surface area contributed by atoms with E-state index in [-0.39, 0.29) is 28.8 Å². The molecule has 3 aromatic rings. The van der Waals surface area contributed by atoms with Gasteiger partial charge in [-0.05, 0) is 31.7 Å². The molecular formula is C26H28Cl2N6O3. The average molecular weight is 543 g/mol. The highest BCUT2D eigenvalue weighted by atomic mass is 35.5. The normalized spacial score (nSPS) is 17.7. The number of carbonyl (C=O) groups excluding carboxylic acids is 1. The summed E-state index contributed by atoms with van der Waals surface area (Å²) >= 11 is 13.0. The highest BCUT2D eigenvalue weighted by Gasteiger charge is 2.34. The van der Waals surface area contributed by atoms with Crippen molar-refractivity contribution in [3.63, 3.8) is 0 Å². The van der Waals surface area contributed by atoms with Crippen LogP contribution in [0.3, 0.4) is 0 Å². The first-order chi connectivity index (χ1) is 17.8. The van der Waals surface area contributed by atoms with Crippen molar-refractivity contribution in [3.8, 4) is 17.4 Å². The van der Waals surface area contributed by atoms with E-state index in [4.69, 9.17) is 32.7 Å². The topological polar surface area (TPSA) is 83.1 Å². The van der Waals surface area contributed by atoms with Gasteiger partial charge in [0.25, 0.3) is 5.91 Å². The van der Waals surface area contributed by atoms with E-state index in [2.05, 4.69) is 32.1 Å². The van der Waals surface area contributed by atoms with Crippen LogP contribution >= 0.6 is 23.2 Å². The van der Waals surface area contributed by atoms with E-state index in [9.17, 15) is 4.79 Å². The molecule has 0 spiro atoms. The third kappa shape index (κ3) is 4.86. The number of hydrogen-bond acceptors (Lipinski definition) is 8. The van der Waals surface area contributed by atoms with Gasteiger partial charge < -0.3 is 29.5 Å². The fourth-order valence-corrected chi connectivity index (χ4v) is 4.99. The number of benzene rings is 2. The maximum absolute atomic E-state index is 12.8. The number of aromatic nitrogens is 2. The minimum absolute atomic E-state index is 0.0461. The molecule has 1 aromatic heterocycles. The molecule has 1 unspecified atom stereocenters. The Morgan fingerprint density at radius 2 is 1.81 bits per heavy atom. The highest BCUT2D eigenvalue weighted by Crippen LogP contribution is 2.41. The summed E-state index contributed by atoms with van der Waals surface area (Å²) in [5.74, 6) is 1.25. The van der Waals surface area contributed by atoms with Gasteiger partial charge in [-0.2, -0.15) is 4.98 Å². The van der Waals surface area contributed by atoms with Crippen molar-refractivity contribution in [1.29, 1.82) is 0 Å². The summed E-state index contributed by atoms with van der Waals surface area (Å²) in [5.41, 5.74) is 2.92. The standard InChI is InChI=1S/C26H28Cl2N6O3/c1-15-16-6-5-7-21(23(16)25(35)33(15)3)37-24-18(28)14-29-26(31-24)30-19-12-17(27)20(13-22(19)36-4)34-10-8-32(2)9-11-34/h5-7,12-15H,8-11H2,1-4H3,(H,29,30,31). The predicted molar refractivity (Wildman–Crippen MR) is 145 cm³/mol. The van der Waals surface area contributed by atoms with Gasteiger partial charge in [0, 0.05) is 39.3 Å². The Balaban J connectivity index is 1.41. The number of hydrogen-bond donors (Lipinski definition) is 1. The number of methoxy groups -OCH3 is 1. The molecule has 1 N–H and O–H groups in total. The average Bonchev–Trinajstić information content (AvgIpc) is 3.11. The molecule has 194 valence electrons. The molecule has 0 saturated carbocycles. The number of rotatable bonds is 6. The number of ether oxygens (including phenoxy) is 2. The molecule has 37 heavy (non-hydrogen) atoms. The van der Waals surface area contributed by atoms with E-state index in [0.717, 1.165) is 37.4 Å². The van der Waals surface area contributed by atoms with Crippen LogP contribution in [-0.2, 0) is 0 Å². The van der Waals surface area contributed by atoms with Crippen LogP contribution in [0.25, 0.3) is 0 Å². The summed E-state index contributed by atoms with van der Waals surface area (Å²) in [6.07, 6.45) is 1.44. The van der Waals surface area contributed by atoms with Gasteiger partial charge in [0.15, 0.2) is 0 Å². The first-order valence-electron chi connectivity index (χ1n) is 11.9. The Morgan fingerprint density at radius 1 is 1.05 bits per heavy atom. The number of likely N-dealkylation sites (N-methyl/N-ethyl adjacent to an activating group) is 1.